The van der Waals surface area contributed by atoms with Gasteiger partial charge in [0.2, 0.25) is 0 Å². The van der Waals surface area contributed by atoms with Gasteiger partial charge in [0.1, 0.15) is 0 Å². The van der Waals surface area contributed by atoms with Gasteiger partial charge in [-0.1, -0.05) is 64.4 Å². The average molecular weight is 273 g/mol. The summed E-state index contributed by atoms with van der Waals surface area (Å²) in [6.07, 6.45) is 5.29. The highest BCUT2D eigenvalue weighted by Gasteiger charge is 2.39. The van der Waals surface area contributed by atoms with Crippen LogP contribution < -0.4 is 5.32 Å². The van der Waals surface area contributed by atoms with Crippen molar-refractivity contribution >= 4 is 0 Å². The Bertz CT molecular complexity index is 395. The molecule has 112 valence electrons. The zero-order chi connectivity index (χ0) is 14.6. The molecule has 0 bridgehead atoms. The molecule has 1 fully saturated rings. The minimum atomic E-state index is 0.257. The fraction of sp³-hybridized carbons (Fsp3) is 0.684. The molecule has 1 aliphatic carbocycles. The van der Waals surface area contributed by atoms with Crippen molar-refractivity contribution in [3.63, 3.8) is 0 Å². The third kappa shape index (κ3) is 3.44. The van der Waals surface area contributed by atoms with Gasteiger partial charge in [-0.25, -0.2) is 0 Å². The Hall–Kier alpha value is -0.820. The Morgan fingerprint density at radius 1 is 1.15 bits per heavy atom. The summed E-state index contributed by atoms with van der Waals surface area (Å²) in [5.41, 5.74) is 1.75. The molecular weight excluding hydrogens is 242 g/mol. The maximum atomic E-state index is 3.83. The zero-order valence-corrected chi connectivity index (χ0v) is 13.7. The monoisotopic (exact) mass is 273 g/mol. The largest absolute Gasteiger partial charge is 0.314 e. The Labute approximate surface area is 125 Å². The highest BCUT2D eigenvalue weighted by atomic mass is 14.9. The molecule has 1 saturated carbocycles. The van der Waals surface area contributed by atoms with Gasteiger partial charge in [-0.3, -0.25) is 0 Å². The normalized spacial score (nSPS) is 27.5. The SMILES string of the molecule is CCCNC1CC(C)CCC1C(C)(C)c1ccccc1. The van der Waals surface area contributed by atoms with Crippen molar-refractivity contribution in [2.24, 2.45) is 11.8 Å². The van der Waals surface area contributed by atoms with Crippen LogP contribution in [0.1, 0.15) is 58.9 Å². The molecule has 0 spiro atoms. The van der Waals surface area contributed by atoms with Crippen LogP contribution in [0.5, 0.6) is 0 Å². The highest BCUT2D eigenvalue weighted by molar-refractivity contribution is 5.25. The second-order valence-electron chi connectivity index (χ2n) is 7.17. The Kier molecular flexibility index (Phi) is 5.26. The summed E-state index contributed by atoms with van der Waals surface area (Å²) < 4.78 is 0. The maximum Gasteiger partial charge on any atom is 0.0106 e. The molecule has 1 aromatic carbocycles. The molecule has 0 aliphatic heterocycles. The third-order valence-corrected chi connectivity index (χ3v) is 5.21. The second-order valence-corrected chi connectivity index (χ2v) is 7.17. The highest BCUT2D eigenvalue weighted by Crippen LogP contribution is 2.42. The summed E-state index contributed by atoms with van der Waals surface area (Å²) in [5, 5.41) is 3.83. The van der Waals surface area contributed by atoms with Gasteiger partial charge >= 0.3 is 0 Å². The smallest absolute Gasteiger partial charge is 0.0106 e. The molecule has 1 nitrogen and oxygen atoms in total. The third-order valence-electron chi connectivity index (χ3n) is 5.21. The number of benzene rings is 1. The van der Waals surface area contributed by atoms with Gasteiger partial charge in [-0.15, -0.1) is 0 Å². The van der Waals surface area contributed by atoms with Crippen molar-refractivity contribution in [2.75, 3.05) is 6.54 Å². The molecule has 0 saturated heterocycles. The fourth-order valence-electron chi connectivity index (χ4n) is 3.88. The molecule has 1 N–H and O–H groups in total. The van der Waals surface area contributed by atoms with Crippen molar-refractivity contribution in [3.05, 3.63) is 35.9 Å². The summed E-state index contributed by atoms with van der Waals surface area (Å²) in [5.74, 6) is 1.61. The van der Waals surface area contributed by atoms with Crippen LogP contribution in [-0.2, 0) is 5.41 Å². The second kappa shape index (κ2) is 6.76. The number of rotatable bonds is 5. The van der Waals surface area contributed by atoms with E-state index < -0.39 is 0 Å². The molecule has 1 heteroatoms. The van der Waals surface area contributed by atoms with Crippen molar-refractivity contribution < 1.29 is 0 Å². The summed E-state index contributed by atoms with van der Waals surface area (Å²) in [6, 6.07) is 11.8. The summed E-state index contributed by atoms with van der Waals surface area (Å²) in [7, 11) is 0. The van der Waals surface area contributed by atoms with Crippen LogP contribution in [0.2, 0.25) is 0 Å². The van der Waals surface area contributed by atoms with E-state index in [9.17, 15) is 0 Å². The molecule has 0 amide bonds. The summed E-state index contributed by atoms with van der Waals surface area (Å²) >= 11 is 0. The first-order valence-corrected chi connectivity index (χ1v) is 8.34. The van der Waals surface area contributed by atoms with Gasteiger partial charge in [0.25, 0.3) is 0 Å². The van der Waals surface area contributed by atoms with E-state index in [1.165, 1.54) is 31.2 Å². The predicted molar refractivity (Wildman–Crippen MR) is 88.1 cm³/mol. The van der Waals surface area contributed by atoms with E-state index in [4.69, 9.17) is 0 Å². The van der Waals surface area contributed by atoms with Crippen LogP contribution in [0.25, 0.3) is 0 Å². The Morgan fingerprint density at radius 2 is 1.85 bits per heavy atom. The van der Waals surface area contributed by atoms with Gasteiger partial charge in [0.15, 0.2) is 0 Å². The van der Waals surface area contributed by atoms with Gasteiger partial charge in [-0.05, 0) is 48.6 Å². The molecule has 3 atom stereocenters. The van der Waals surface area contributed by atoms with Crippen LogP contribution in [0.4, 0.5) is 0 Å². The first kappa shape index (κ1) is 15.6. The topological polar surface area (TPSA) is 12.0 Å². The molecule has 0 radical (unpaired) electrons. The van der Waals surface area contributed by atoms with Crippen molar-refractivity contribution in [1.82, 2.24) is 5.32 Å². The number of nitrogens with one attached hydrogen (secondary N) is 1. The van der Waals surface area contributed by atoms with Crippen molar-refractivity contribution in [3.8, 4) is 0 Å². The summed E-state index contributed by atoms with van der Waals surface area (Å²) in [6.45, 7) is 10.7. The maximum absolute atomic E-state index is 3.83. The lowest BCUT2D eigenvalue weighted by Crippen LogP contribution is -2.48. The van der Waals surface area contributed by atoms with Crippen LogP contribution in [-0.4, -0.2) is 12.6 Å². The molecule has 0 aromatic heterocycles. The van der Waals surface area contributed by atoms with Gasteiger partial charge in [0, 0.05) is 6.04 Å². The van der Waals surface area contributed by atoms with E-state index in [1.54, 1.807) is 0 Å². The lowest BCUT2D eigenvalue weighted by molar-refractivity contribution is 0.145. The van der Waals surface area contributed by atoms with E-state index in [2.05, 4.69) is 63.3 Å². The molecule has 1 aromatic rings. The predicted octanol–water partition coefficient (Wildman–Crippen LogP) is 4.77. The molecule has 20 heavy (non-hydrogen) atoms. The van der Waals surface area contributed by atoms with Crippen LogP contribution in [0.15, 0.2) is 30.3 Å². The van der Waals surface area contributed by atoms with Gasteiger partial charge in [-0.2, -0.15) is 0 Å². The Morgan fingerprint density at radius 3 is 2.50 bits per heavy atom. The first-order valence-electron chi connectivity index (χ1n) is 8.34. The van der Waals surface area contributed by atoms with Gasteiger partial charge < -0.3 is 5.32 Å². The standard InChI is InChI=1S/C19H31N/c1-5-13-20-18-14-15(2)11-12-17(18)19(3,4)16-9-7-6-8-10-16/h6-10,15,17-18,20H,5,11-14H2,1-4H3. The van der Waals surface area contributed by atoms with Crippen LogP contribution in [0, 0.1) is 11.8 Å². The van der Waals surface area contributed by atoms with E-state index >= 15 is 0 Å². The number of hydrogen-bond donors (Lipinski definition) is 1. The van der Waals surface area contributed by atoms with E-state index in [1.807, 2.05) is 0 Å². The van der Waals surface area contributed by atoms with E-state index in [0.29, 0.717) is 6.04 Å². The van der Waals surface area contributed by atoms with E-state index in [0.717, 1.165) is 18.4 Å². The van der Waals surface area contributed by atoms with Crippen LogP contribution >= 0.6 is 0 Å². The van der Waals surface area contributed by atoms with Crippen molar-refractivity contribution in [2.45, 2.75) is 64.8 Å². The quantitative estimate of drug-likeness (QED) is 0.815. The van der Waals surface area contributed by atoms with Gasteiger partial charge in [0.05, 0.1) is 0 Å². The molecular formula is C19H31N. The molecule has 0 heterocycles. The van der Waals surface area contributed by atoms with Crippen LogP contribution in [0.3, 0.4) is 0 Å². The lowest BCUT2D eigenvalue weighted by Gasteiger charge is -2.45. The molecule has 2 rings (SSSR count). The zero-order valence-electron chi connectivity index (χ0n) is 13.7. The fourth-order valence-corrected chi connectivity index (χ4v) is 3.88. The molecule has 3 unspecified atom stereocenters. The van der Waals surface area contributed by atoms with E-state index in [-0.39, 0.29) is 5.41 Å². The molecule has 1 aliphatic rings. The van der Waals surface area contributed by atoms with Crippen molar-refractivity contribution in [1.29, 1.82) is 0 Å². The summed E-state index contributed by atoms with van der Waals surface area (Å²) in [4.78, 5) is 0. The first-order chi connectivity index (χ1) is 9.55. The average Bonchev–Trinajstić information content (AvgIpc) is 2.46. The minimum absolute atomic E-state index is 0.257. The lowest BCUT2D eigenvalue weighted by atomic mass is 9.63. The number of hydrogen-bond acceptors (Lipinski definition) is 1. The minimum Gasteiger partial charge on any atom is -0.314 e. The Balaban J connectivity index is 2.18.